The first-order chi connectivity index (χ1) is 10.1. The molecule has 2 atom stereocenters. The largest absolute Gasteiger partial charge is 0.322 e. The van der Waals surface area contributed by atoms with E-state index in [1.165, 1.54) is 25.0 Å². The summed E-state index contributed by atoms with van der Waals surface area (Å²) in [5, 5.41) is 14.0. The van der Waals surface area contributed by atoms with E-state index in [-0.39, 0.29) is 23.8 Å². The zero-order valence-corrected chi connectivity index (χ0v) is 12.0. The van der Waals surface area contributed by atoms with E-state index < -0.39 is 4.92 Å². The highest BCUT2D eigenvalue weighted by Crippen LogP contribution is 2.34. The highest BCUT2D eigenvalue weighted by molar-refractivity contribution is 5.84. The second-order valence-corrected chi connectivity index (χ2v) is 5.90. The van der Waals surface area contributed by atoms with E-state index in [0.717, 1.165) is 24.4 Å². The molecule has 1 aromatic carbocycles. The van der Waals surface area contributed by atoms with Gasteiger partial charge in [0.05, 0.1) is 11.0 Å². The molecule has 1 aliphatic carbocycles. The summed E-state index contributed by atoms with van der Waals surface area (Å²) in [6.45, 7) is 2.61. The lowest BCUT2D eigenvalue weighted by Gasteiger charge is -2.24. The lowest BCUT2D eigenvalue weighted by atomic mass is 10.1. The van der Waals surface area contributed by atoms with E-state index >= 15 is 0 Å². The topological polar surface area (TPSA) is 75.5 Å². The minimum atomic E-state index is -0.412. The van der Waals surface area contributed by atoms with Crippen LogP contribution in [0.15, 0.2) is 24.3 Å². The summed E-state index contributed by atoms with van der Waals surface area (Å²) in [6.07, 6.45) is 3.41. The average molecular weight is 289 g/mol. The Morgan fingerprint density at radius 3 is 2.57 bits per heavy atom. The van der Waals surface area contributed by atoms with Crippen LogP contribution in [0.4, 0.5) is 5.69 Å². The van der Waals surface area contributed by atoms with Crippen molar-refractivity contribution in [3.05, 3.63) is 39.9 Å². The van der Waals surface area contributed by atoms with Gasteiger partial charge in [0, 0.05) is 18.7 Å². The number of carbonyl (C=O) groups excluding carboxylic acids is 1. The van der Waals surface area contributed by atoms with E-state index in [2.05, 4.69) is 5.32 Å². The Morgan fingerprint density at radius 1 is 1.33 bits per heavy atom. The van der Waals surface area contributed by atoms with E-state index in [1.807, 2.05) is 11.8 Å². The van der Waals surface area contributed by atoms with E-state index in [4.69, 9.17) is 0 Å². The Kier molecular flexibility index (Phi) is 3.63. The van der Waals surface area contributed by atoms with Crippen molar-refractivity contribution in [2.75, 3.05) is 6.54 Å². The summed E-state index contributed by atoms with van der Waals surface area (Å²) >= 11 is 0. The summed E-state index contributed by atoms with van der Waals surface area (Å²) in [6, 6.07) is 6.23. The van der Waals surface area contributed by atoms with Gasteiger partial charge in [-0.1, -0.05) is 12.8 Å². The molecule has 0 spiro atoms. The molecule has 0 radical (unpaired) electrons. The van der Waals surface area contributed by atoms with Gasteiger partial charge in [0.25, 0.3) is 5.69 Å². The smallest absolute Gasteiger partial charge is 0.269 e. The van der Waals surface area contributed by atoms with Gasteiger partial charge >= 0.3 is 0 Å². The molecule has 1 saturated carbocycles. The number of nitro groups is 1. The number of non-ortho nitro benzene ring substituents is 1. The fourth-order valence-corrected chi connectivity index (χ4v) is 2.80. The fourth-order valence-electron chi connectivity index (χ4n) is 2.80. The molecule has 6 nitrogen and oxygen atoms in total. The molecule has 1 amide bonds. The predicted molar refractivity (Wildman–Crippen MR) is 77.5 cm³/mol. The summed E-state index contributed by atoms with van der Waals surface area (Å²) in [5.74, 6) is 0.880. The highest BCUT2D eigenvalue weighted by Gasteiger charge is 2.37. The van der Waals surface area contributed by atoms with Crippen LogP contribution >= 0.6 is 0 Å². The molecule has 1 aromatic rings. The minimum Gasteiger partial charge on any atom is -0.322 e. The molecule has 3 rings (SSSR count). The monoisotopic (exact) mass is 289 g/mol. The Balaban J connectivity index is 1.76. The van der Waals surface area contributed by atoms with Crippen LogP contribution in [0.3, 0.4) is 0 Å². The first-order valence-electron chi connectivity index (χ1n) is 7.37. The van der Waals surface area contributed by atoms with Crippen LogP contribution in [-0.2, 0) is 4.79 Å². The van der Waals surface area contributed by atoms with Crippen molar-refractivity contribution in [1.29, 1.82) is 0 Å². The third-order valence-corrected chi connectivity index (χ3v) is 4.27. The Labute approximate surface area is 123 Å². The number of carbonyl (C=O) groups is 1. The lowest BCUT2D eigenvalue weighted by Crippen LogP contribution is -2.31. The zero-order valence-electron chi connectivity index (χ0n) is 12.0. The minimum absolute atomic E-state index is 0.0700. The Hall–Kier alpha value is -1.95. The first kappa shape index (κ1) is 14.0. The maximum absolute atomic E-state index is 12.3. The van der Waals surface area contributed by atoms with E-state index in [0.29, 0.717) is 0 Å². The normalized spacial score (nSPS) is 25.4. The molecule has 112 valence electrons. The second-order valence-electron chi connectivity index (χ2n) is 5.90. The molecule has 1 heterocycles. The third kappa shape index (κ3) is 2.90. The summed E-state index contributed by atoms with van der Waals surface area (Å²) in [4.78, 5) is 24.4. The summed E-state index contributed by atoms with van der Waals surface area (Å²) in [7, 11) is 0. The number of nitro benzene ring substituents is 1. The highest BCUT2D eigenvalue weighted by atomic mass is 16.6. The maximum Gasteiger partial charge on any atom is 0.269 e. The van der Waals surface area contributed by atoms with Crippen molar-refractivity contribution in [3.63, 3.8) is 0 Å². The zero-order chi connectivity index (χ0) is 15.0. The molecular formula is C15H19N3O3. The van der Waals surface area contributed by atoms with Gasteiger partial charge in [0.15, 0.2) is 0 Å². The standard InChI is InChI=1S/C15H19N3O3/c1-10-15(19)17(9-8-11-2-3-11)14(16-10)12-4-6-13(7-5-12)18(20)21/h4-7,10-11,14,16H,2-3,8-9H2,1H3. The van der Waals surface area contributed by atoms with Crippen molar-refractivity contribution >= 4 is 11.6 Å². The molecule has 2 fully saturated rings. The van der Waals surface area contributed by atoms with Gasteiger partial charge in [-0.3, -0.25) is 20.2 Å². The van der Waals surface area contributed by atoms with Crippen LogP contribution in [0.25, 0.3) is 0 Å². The van der Waals surface area contributed by atoms with Gasteiger partial charge in [-0.25, -0.2) is 0 Å². The quantitative estimate of drug-likeness (QED) is 0.666. The number of benzene rings is 1. The number of hydrogen-bond acceptors (Lipinski definition) is 4. The molecule has 6 heteroatoms. The van der Waals surface area contributed by atoms with Crippen LogP contribution in [0.5, 0.6) is 0 Å². The lowest BCUT2D eigenvalue weighted by molar-refractivity contribution is -0.384. The molecule has 0 aromatic heterocycles. The predicted octanol–water partition coefficient (Wildman–Crippen LogP) is 2.21. The molecule has 21 heavy (non-hydrogen) atoms. The van der Waals surface area contributed by atoms with Crippen LogP contribution in [-0.4, -0.2) is 28.3 Å². The summed E-state index contributed by atoms with van der Waals surface area (Å²) in [5.41, 5.74) is 0.967. The number of nitrogens with one attached hydrogen (secondary N) is 1. The van der Waals surface area contributed by atoms with Crippen molar-refractivity contribution < 1.29 is 9.72 Å². The van der Waals surface area contributed by atoms with Crippen molar-refractivity contribution in [2.24, 2.45) is 5.92 Å². The molecule has 2 aliphatic rings. The van der Waals surface area contributed by atoms with Crippen LogP contribution in [0.1, 0.15) is 37.9 Å². The number of hydrogen-bond donors (Lipinski definition) is 1. The van der Waals surface area contributed by atoms with Crippen LogP contribution in [0.2, 0.25) is 0 Å². The second kappa shape index (κ2) is 5.44. The SMILES string of the molecule is CC1NC(c2ccc([N+](=O)[O-])cc2)N(CCC2CC2)C1=O. The number of rotatable bonds is 5. The fraction of sp³-hybridized carbons (Fsp3) is 0.533. The van der Waals surface area contributed by atoms with Gasteiger partial charge in [0.1, 0.15) is 6.17 Å². The van der Waals surface area contributed by atoms with Gasteiger partial charge in [-0.15, -0.1) is 0 Å². The molecule has 1 saturated heterocycles. The molecule has 1 N–H and O–H groups in total. The van der Waals surface area contributed by atoms with Crippen molar-refractivity contribution in [1.82, 2.24) is 10.2 Å². The van der Waals surface area contributed by atoms with Crippen molar-refractivity contribution in [3.8, 4) is 0 Å². The van der Waals surface area contributed by atoms with Crippen molar-refractivity contribution in [2.45, 2.75) is 38.4 Å². The van der Waals surface area contributed by atoms with Crippen LogP contribution in [0, 0.1) is 16.0 Å². The average Bonchev–Trinajstić information content (AvgIpc) is 3.25. The molecule has 0 bridgehead atoms. The summed E-state index contributed by atoms with van der Waals surface area (Å²) < 4.78 is 0. The van der Waals surface area contributed by atoms with Gasteiger partial charge < -0.3 is 4.90 Å². The molecular weight excluding hydrogens is 270 g/mol. The van der Waals surface area contributed by atoms with Gasteiger partial charge in [0.2, 0.25) is 5.91 Å². The van der Waals surface area contributed by atoms with Crippen LogP contribution < -0.4 is 5.32 Å². The Bertz CT molecular complexity index is 554. The number of amides is 1. The maximum atomic E-state index is 12.3. The van der Waals surface area contributed by atoms with Gasteiger partial charge in [-0.05, 0) is 37.0 Å². The molecule has 1 aliphatic heterocycles. The van der Waals surface area contributed by atoms with E-state index in [9.17, 15) is 14.9 Å². The Morgan fingerprint density at radius 2 is 2.00 bits per heavy atom. The van der Waals surface area contributed by atoms with E-state index in [1.54, 1.807) is 12.1 Å². The molecule has 2 unspecified atom stereocenters. The van der Waals surface area contributed by atoms with Gasteiger partial charge in [-0.2, -0.15) is 0 Å². The number of nitrogens with zero attached hydrogens (tertiary/aromatic N) is 2. The third-order valence-electron chi connectivity index (χ3n) is 4.27. The first-order valence-corrected chi connectivity index (χ1v) is 7.37.